The summed E-state index contributed by atoms with van der Waals surface area (Å²) < 4.78 is 0. The maximum Gasteiger partial charge on any atom is 0.326 e. The largest absolute Gasteiger partial charge is 0.480 e. The van der Waals surface area contributed by atoms with Gasteiger partial charge in [0.25, 0.3) is 0 Å². The molecule has 3 amide bonds. The minimum Gasteiger partial charge on any atom is -0.480 e. The highest BCUT2D eigenvalue weighted by atomic mass is 16.4. The number of nitrogens with two attached hydrogens (primary N) is 3. The van der Waals surface area contributed by atoms with E-state index >= 15 is 0 Å². The number of guanidine groups is 1. The van der Waals surface area contributed by atoms with E-state index in [0.29, 0.717) is 5.56 Å². The number of amides is 3. The number of carbonyl (C=O) groups is 4. The van der Waals surface area contributed by atoms with Gasteiger partial charge < -0.3 is 48.3 Å². The summed E-state index contributed by atoms with van der Waals surface area (Å²) in [6.45, 7) is 1.46. The summed E-state index contributed by atoms with van der Waals surface area (Å²) in [6.07, 6.45) is 0.870. The van der Waals surface area contributed by atoms with Gasteiger partial charge in [-0.05, 0) is 43.4 Å². The van der Waals surface area contributed by atoms with E-state index in [0.717, 1.165) is 16.5 Å². The number of aliphatic imine (C=N–C) groups is 1. The summed E-state index contributed by atoms with van der Waals surface area (Å²) in [6, 6.07) is 11.3. The SMILES string of the molecule is CC(O)C(NC(=O)C(N)Cc1c[nH]c2ccccc12)C(=O)NC(CCCN=C(N)N)C(=O)NC(Cc1ccccc1)C(=O)O. The van der Waals surface area contributed by atoms with Gasteiger partial charge in [0.15, 0.2) is 5.96 Å². The number of aromatic amines is 1. The Balaban J connectivity index is 1.70. The number of benzene rings is 2. The van der Waals surface area contributed by atoms with Crippen molar-refractivity contribution in [2.24, 2.45) is 22.2 Å². The van der Waals surface area contributed by atoms with E-state index in [2.05, 4.69) is 25.9 Å². The molecule has 0 saturated carbocycles. The molecule has 0 aliphatic carbocycles. The van der Waals surface area contributed by atoms with E-state index in [1.807, 2.05) is 24.3 Å². The van der Waals surface area contributed by atoms with Crippen molar-refractivity contribution >= 4 is 40.6 Å². The minimum atomic E-state index is -1.45. The number of carbonyl (C=O) groups excluding carboxylic acids is 3. The number of H-pyrrole nitrogens is 1. The highest BCUT2D eigenvalue weighted by Crippen LogP contribution is 2.19. The van der Waals surface area contributed by atoms with Crippen LogP contribution in [0.2, 0.25) is 0 Å². The van der Waals surface area contributed by atoms with Crippen LogP contribution in [0, 0.1) is 0 Å². The molecule has 14 nitrogen and oxygen atoms in total. The highest BCUT2D eigenvalue weighted by Gasteiger charge is 2.32. The van der Waals surface area contributed by atoms with Gasteiger partial charge >= 0.3 is 5.97 Å². The van der Waals surface area contributed by atoms with E-state index < -0.39 is 54.0 Å². The van der Waals surface area contributed by atoms with Crippen LogP contribution in [-0.4, -0.2) is 81.7 Å². The zero-order valence-electron chi connectivity index (χ0n) is 24.4. The summed E-state index contributed by atoms with van der Waals surface area (Å²) in [4.78, 5) is 58.5. The van der Waals surface area contributed by atoms with Crippen LogP contribution < -0.4 is 33.2 Å². The Kier molecular flexibility index (Phi) is 12.2. The van der Waals surface area contributed by atoms with E-state index in [1.54, 1.807) is 36.5 Å². The number of fused-ring (bicyclic) bond motifs is 1. The Morgan fingerprint density at radius 2 is 1.55 bits per heavy atom. The number of nitrogens with zero attached hydrogens (tertiary/aromatic N) is 1. The Morgan fingerprint density at radius 3 is 2.20 bits per heavy atom. The van der Waals surface area contributed by atoms with Crippen molar-refractivity contribution in [1.82, 2.24) is 20.9 Å². The lowest BCUT2D eigenvalue weighted by molar-refractivity contribution is -0.142. The molecule has 0 aliphatic heterocycles. The van der Waals surface area contributed by atoms with Gasteiger partial charge in [-0.2, -0.15) is 0 Å². The molecule has 5 atom stereocenters. The van der Waals surface area contributed by atoms with Crippen molar-refractivity contribution in [3.05, 3.63) is 71.9 Å². The summed E-state index contributed by atoms with van der Waals surface area (Å²) in [5, 5.41) is 28.5. The third kappa shape index (κ3) is 9.81. The summed E-state index contributed by atoms with van der Waals surface area (Å²) >= 11 is 0. The van der Waals surface area contributed by atoms with Gasteiger partial charge in [-0.3, -0.25) is 19.4 Å². The molecule has 0 saturated heterocycles. The van der Waals surface area contributed by atoms with Crippen molar-refractivity contribution in [2.45, 2.75) is 62.9 Å². The quantitative estimate of drug-likeness (QED) is 0.0563. The smallest absolute Gasteiger partial charge is 0.326 e. The first-order valence-electron chi connectivity index (χ1n) is 14.2. The molecule has 3 aromatic rings. The number of nitrogens with one attached hydrogen (secondary N) is 4. The molecule has 0 fully saturated rings. The maximum absolute atomic E-state index is 13.3. The van der Waals surface area contributed by atoms with E-state index in [9.17, 15) is 29.4 Å². The predicted octanol–water partition coefficient (Wildman–Crippen LogP) is -0.746. The molecule has 44 heavy (non-hydrogen) atoms. The lowest BCUT2D eigenvalue weighted by Crippen LogP contribution is -2.60. The Morgan fingerprint density at radius 1 is 0.886 bits per heavy atom. The molecule has 5 unspecified atom stereocenters. The first-order valence-corrected chi connectivity index (χ1v) is 14.2. The van der Waals surface area contributed by atoms with Gasteiger partial charge in [0.05, 0.1) is 12.1 Å². The van der Waals surface area contributed by atoms with Gasteiger partial charge in [-0.1, -0.05) is 48.5 Å². The molecule has 0 bridgehead atoms. The predicted molar refractivity (Wildman–Crippen MR) is 165 cm³/mol. The number of para-hydroxylation sites is 1. The molecular weight excluding hydrogens is 568 g/mol. The first kappa shape index (κ1) is 33.6. The fourth-order valence-electron chi connectivity index (χ4n) is 4.65. The van der Waals surface area contributed by atoms with Crippen LogP contribution in [0.15, 0.2) is 65.8 Å². The average Bonchev–Trinajstić information content (AvgIpc) is 3.39. The molecule has 0 aliphatic rings. The number of aliphatic hydroxyl groups excluding tert-OH is 1. The molecule has 236 valence electrons. The molecule has 0 radical (unpaired) electrons. The lowest BCUT2D eigenvalue weighted by Gasteiger charge is -2.26. The van der Waals surface area contributed by atoms with E-state index in [4.69, 9.17) is 17.2 Å². The Labute approximate surface area is 254 Å². The molecule has 0 spiro atoms. The fraction of sp³-hybridized carbons (Fsp3) is 0.367. The van der Waals surface area contributed by atoms with Crippen molar-refractivity contribution in [1.29, 1.82) is 0 Å². The third-order valence-corrected chi connectivity index (χ3v) is 6.99. The van der Waals surface area contributed by atoms with Crippen molar-refractivity contribution in [2.75, 3.05) is 6.54 Å². The highest BCUT2D eigenvalue weighted by molar-refractivity contribution is 5.94. The van der Waals surface area contributed by atoms with E-state index in [-0.39, 0.29) is 38.2 Å². The molecule has 1 aromatic heterocycles. The lowest BCUT2D eigenvalue weighted by atomic mass is 10.0. The number of rotatable bonds is 16. The third-order valence-electron chi connectivity index (χ3n) is 6.99. The number of aliphatic hydroxyl groups is 1. The second kappa shape index (κ2) is 16.0. The molecule has 14 heteroatoms. The minimum absolute atomic E-state index is 0.0112. The summed E-state index contributed by atoms with van der Waals surface area (Å²) in [7, 11) is 0. The first-order chi connectivity index (χ1) is 21.0. The molecule has 12 N–H and O–H groups in total. The van der Waals surface area contributed by atoms with Crippen LogP contribution in [0.5, 0.6) is 0 Å². The van der Waals surface area contributed by atoms with Crippen LogP contribution >= 0.6 is 0 Å². The maximum atomic E-state index is 13.3. The molecule has 3 rings (SSSR count). The zero-order chi connectivity index (χ0) is 32.2. The van der Waals surface area contributed by atoms with Crippen LogP contribution in [0.25, 0.3) is 10.9 Å². The van der Waals surface area contributed by atoms with Crippen LogP contribution in [0.3, 0.4) is 0 Å². The van der Waals surface area contributed by atoms with E-state index in [1.165, 1.54) is 6.92 Å². The second-order valence-corrected chi connectivity index (χ2v) is 10.5. The zero-order valence-corrected chi connectivity index (χ0v) is 24.4. The van der Waals surface area contributed by atoms with Gasteiger partial charge in [-0.25, -0.2) is 4.79 Å². The van der Waals surface area contributed by atoms with Crippen LogP contribution in [-0.2, 0) is 32.0 Å². The van der Waals surface area contributed by atoms with Gasteiger partial charge in [0, 0.05) is 30.1 Å². The Bertz CT molecular complexity index is 1450. The topological polar surface area (TPSA) is 251 Å². The standard InChI is InChI=1S/C30H40N8O6/c1-17(39)25(38-26(40)21(31)15-19-16-35-22-11-6-5-10-20(19)22)28(42)36-23(12-7-13-34-30(32)33)27(41)37-24(29(43)44)14-18-8-3-2-4-9-18/h2-6,8-11,16-17,21,23-25,35,39H,7,12-15,31H2,1H3,(H,36,42)(H,37,41)(H,38,40)(H,43,44)(H4,32,33,34). The number of carboxylic acid groups (broad SMARTS) is 1. The van der Waals surface area contributed by atoms with Crippen molar-refractivity contribution in [3.63, 3.8) is 0 Å². The van der Waals surface area contributed by atoms with Gasteiger partial charge in [0.2, 0.25) is 17.7 Å². The normalized spacial score (nSPS) is 14.4. The number of aliphatic carboxylic acids is 1. The monoisotopic (exact) mass is 608 g/mol. The summed E-state index contributed by atoms with van der Waals surface area (Å²) in [5.74, 6) is -3.71. The van der Waals surface area contributed by atoms with Crippen LogP contribution in [0.4, 0.5) is 0 Å². The molecule has 2 aromatic carbocycles. The van der Waals surface area contributed by atoms with Crippen LogP contribution in [0.1, 0.15) is 30.9 Å². The number of aromatic nitrogens is 1. The van der Waals surface area contributed by atoms with Gasteiger partial charge in [0.1, 0.15) is 18.1 Å². The Hall–Kier alpha value is -4.95. The second-order valence-electron chi connectivity index (χ2n) is 10.5. The summed E-state index contributed by atoms with van der Waals surface area (Å²) in [5.41, 5.74) is 19.3. The van der Waals surface area contributed by atoms with Gasteiger partial charge in [-0.15, -0.1) is 0 Å². The number of hydrogen-bond acceptors (Lipinski definition) is 7. The fourth-order valence-corrected chi connectivity index (χ4v) is 4.65. The average molecular weight is 609 g/mol. The van der Waals surface area contributed by atoms with Crippen molar-refractivity contribution < 1.29 is 29.4 Å². The van der Waals surface area contributed by atoms with Crippen molar-refractivity contribution in [3.8, 4) is 0 Å². The number of carboxylic acids is 1. The number of hydrogen-bond donors (Lipinski definition) is 9. The molecule has 1 heterocycles. The molecular formula is C30H40N8O6.